The van der Waals surface area contributed by atoms with Gasteiger partial charge in [0, 0.05) is 6.07 Å². The summed E-state index contributed by atoms with van der Waals surface area (Å²) in [4.78, 5) is 0. The van der Waals surface area contributed by atoms with Crippen LogP contribution in [-0.2, 0) is 0 Å². The number of aromatic nitrogens is 1. The molecule has 6 heteroatoms. The van der Waals surface area contributed by atoms with Crippen LogP contribution in [0.5, 0.6) is 11.5 Å². The zero-order chi connectivity index (χ0) is 14.7. The van der Waals surface area contributed by atoms with Crippen LogP contribution in [-0.4, -0.2) is 29.9 Å². The van der Waals surface area contributed by atoms with Crippen LogP contribution >= 0.6 is 11.8 Å². The van der Waals surface area contributed by atoms with Gasteiger partial charge in [-0.25, -0.2) is 0 Å². The second-order valence-electron chi connectivity index (χ2n) is 4.88. The number of hydrogen-bond donors (Lipinski definition) is 1. The quantitative estimate of drug-likeness (QED) is 0.935. The second-order valence-corrected chi connectivity index (χ2v) is 6.11. The molecule has 0 aliphatic carbocycles. The van der Waals surface area contributed by atoms with E-state index >= 15 is 0 Å². The molecule has 2 heterocycles. The standard InChI is InChI=1S/C15H18N2O3S/c1-18-15-11(13-9-14(16)17-20-13)3-2-4-12(15)19-10-5-7-21-8-6-10/h2-4,9-10H,5-8H2,1H3,(H2,16,17). The molecule has 0 amide bonds. The van der Waals surface area contributed by atoms with E-state index in [1.54, 1.807) is 13.2 Å². The first kappa shape index (κ1) is 14.1. The smallest absolute Gasteiger partial charge is 0.172 e. The average molecular weight is 306 g/mol. The van der Waals surface area contributed by atoms with Gasteiger partial charge >= 0.3 is 0 Å². The zero-order valence-electron chi connectivity index (χ0n) is 11.9. The summed E-state index contributed by atoms with van der Waals surface area (Å²) in [7, 11) is 1.63. The number of benzene rings is 1. The van der Waals surface area contributed by atoms with Crippen molar-refractivity contribution in [3.63, 3.8) is 0 Å². The molecule has 21 heavy (non-hydrogen) atoms. The first-order chi connectivity index (χ1) is 10.3. The molecule has 3 rings (SSSR count). The monoisotopic (exact) mass is 306 g/mol. The van der Waals surface area contributed by atoms with Crippen LogP contribution in [0, 0.1) is 0 Å². The Morgan fingerprint density at radius 1 is 1.33 bits per heavy atom. The van der Waals surface area contributed by atoms with E-state index in [0.29, 0.717) is 17.3 Å². The molecule has 0 spiro atoms. The largest absolute Gasteiger partial charge is 0.492 e. The minimum Gasteiger partial charge on any atom is -0.492 e. The summed E-state index contributed by atoms with van der Waals surface area (Å²) in [5, 5.41) is 3.72. The highest BCUT2D eigenvalue weighted by atomic mass is 32.2. The fraction of sp³-hybridized carbons (Fsp3) is 0.400. The minimum atomic E-state index is 0.246. The lowest BCUT2D eigenvalue weighted by Crippen LogP contribution is -2.22. The molecule has 0 unspecified atom stereocenters. The highest BCUT2D eigenvalue weighted by Gasteiger charge is 2.20. The normalized spacial score (nSPS) is 15.9. The van der Waals surface area contributed by atoms with E-state index in [1.807, 2.05) is 30.0 Å². The molecule has 112 valence electrons. The van der Waals surface area contributed by atoms with Crippen LogP contribution in [0.1, 0.15) is 12.8 Å². The van der Waals surface area contributed by atoms with Crippen LogP contribution in [0.4, 0.5) is 5.82 Å². The number of methoxy groups -OCH3 is 1. The summed E-state index contributed by atoms with van der Waals surface area (Å²) in [6, 6.07) is 7.43. The molecule has 1 saturated heterocycles. The number of nitrogen functional groups attached to an aromatic ring is 1. The van der Waals surface area contributed by atoms with Crippen molar-refractivity contribution in [2.24, 2.45) is 0 Å². The molecule has 2 aromatic rings. The predicted molar refractivity (Wildman–Crippen MR) is 83.9 cm³/mol. The number of nitrogens with zero attached hydrogens (tertiary/aromatic N) is 1. The van der Waals surface area contributed by atoms with Gasteiger partial charge in [0.05, 0.1) is 12.7 Å². The lowest BCUT2D eigenvalue weighted by Gasteiger charge is -2.24. The van der Waals surface area contributed by atoms with Crippen molar-refractivity contribution in [3.05, 3.63) is 24.3 Å². The summed E-state index contributed by atoms with van der Waals surface area (Å²) < 4.78 is 16.9. The highest BCUT2D eigenvalue weighted by molar-refractivity contribution is 7.99. The second kappa shape index (κ2) is 6.30. The van der Waals surface area contributed by atoms with E-state index in [2.05, 4.69) is 5.16 Å². The van der Waals surface area contributed by atoms with Crippen LogP contribution in [0.25, 0.3) is 11.3 Å². The van der Waals surface area contributed by atoms with E-state index in [9.17, 15) is 0 Å². The Bertz CT molecular complexity index is 609. The summed E-state index contributed by atoms with van der Waals surface area (Å²) >= 11 is 1.97. The average Bonchev–Trinajstić information content (AvgIpc) is 2.94. The molecule has 0 radical (unpaired) electrons. The summed E-state index contributed by atoms with van der Waals surface area (Å²) in [6.45, 7) is 0. The van der Waals surface area contributed by atoms with Gasteiger partial charge in [-0.3, -0.25) is 0 Å². The first-order valence-corrected chi connectivity index (χ1v) is 8.07. The van der Waals surface area contributed by atoms with Crippen LogP contribution in [0.15, 0.2) is 28.8 Å². The number of hydrogen-bond acceptors (Lipinski definition) is 6. The van der Waals surface area contributed by atoms with Crippen molar-refractivity contribution in [2.45, 2.75) is 18.9 Å². The van der Waals surface area contributed by atoms with Gasteiger partial charge in [-0.05, 0) is 36.5 Å². The maximum absolute atomic E-state index is 6.11. The first-order valence-electron chi connectivity index (χ1n) is 6.92. The van der Waals surface area contributed by atoms with Gasteiger partial charge in [0.15, 0.2) is 23.1 Å². The van der Waals surface area contributed by atoms with Crippen molar-refractivity contribution in [1.29, 1.82) is 0 Å². The third kappa shape index (κ3) is 3.10. The van der Waals surface area contributed by atoms with Crippen molar-refractivity contribution >= 4 is 17.6 Å². The third-order valence-electron chi connectivity index (χ3n) is 3.44. The van der Waals surface area contributed by atoms with Crippen LogP contribution in [0.2, 0.25) is 0 Å². The van der Waals surface area contributed by atoms with Gasteiger partial charge in [0.1, 0.15) is 6.10 Å². The van der Waals surface area contributed by atoms with E-state index in [1.165, 1.54) is 0 Å². The Morgan fingerprint density at radius 2 is 2.14 bits per heavy atom. The van der Waals surface area contributed by atoms with E-state index < -0.39 is 0 Å². The van der Waals surface area contributed by atoms with Gasteiger partial charge < -0.3 is 19.7 Å². The van der Waals surface area contributed by atoms with Crippen LogP contribution in [0.3, 0.4) is 0 Å². The van der Waals surface area contributed by atoms with Gasteiger partial charge in [0.25, 0.3) is 0 Å². The Balaban J connectivity index is 1.90. The maximum atomic E-state index is 6.11. The number of nitrogens with two attached hydrogens (primary N) is 1. The molecule has 1 aliphatic rings. The lowest BCUT2D eigenvalue weighted by molar-refractivity contribution is 0.184. The third-order valence-corrected chi connectivity index (χ3v) is 4.49. The number of para-hydroxylation sites is 1. The van der Waals surface area contributed by atoms with Crippen molar-refractivity contribution in [2.75, 3.05) is 24.3 Å². The van der Waals surface area contributed by atoms with E-state index in [4.69, 9.17) is 19.7 Å². The lowest BCUT2D eigenvalue weighted by atomic mass is 10.1. The topological polar surface area (TPSA) is 70.5 Å². The zero-order valence-corrected chi connectivity index (χ0v) is 12.7. The molecule has 2 N–H and O–H groups in total. The molecule has 5 nitrogen and oxygen atoms in total. The molecule has 1 aromatic carbocycles. The molecular formula is C15H18N2O3S. The summed E-state index contributed by atoms with van der Waals surface area (Å²) in [5.41, 5.74) is 6.41. The fourth-order valence-electron chi connectivity index (χ4n) is 2.40. The van der Waals surface area contributed by atoms with E-state index in [-0.39, 0.29) is 6.10 Å². The predicted octanol–water partition coefficient (Wildman–Crippen LogP) is 3.21. The van der Waals surface area contributed by atoms with Crippen LogP contribution < -0.4 is 15.2 Å². The number of thioether (sulfide) groups is 1. The fourth-order valence-corrected chi connectivity index (χ4v) is 3.47. The Morgan fingerprint density at radius 3 is 2.81 bits per heavy atom. The molecule has 0 bridgehead atoms. The van der Waals surface area contributed by atoms with Gasteiger partial charge in [-0.15, -0.1) is 0 Å². The van der Waals surface area contributed by atoms with Gasteiger partial charge in [-0.2, -0.15) is 11.8 Å². The van der Waals surface area contributed by atoms with E-state index in [0.717, 1.165) is 35.7 Å². The number of anilines is 1. The summed E-state index contributed by atoms with van der Waals surface area (Å²) in [6.07, 6.45) is 2.37. The molecule has 0 saturated carbocycles. The molecule has 1 aromatic heterocycles. The Kier molecular flexibility index (Phi) is 4.24. The number of rotatable bonds is 4. The molecular weight excluding hydrogens is 288 g/mol. The Hall–Kier alpha value is -1.82. The maximum Gasteiger partial charge on any atom is 0.172 e. The summed E-state index contributed by atoms with van der Waals surface area (Å²) in [5.74, 6) is 4.61. The SMILES string of the molecule is COc1c(OC2CCSCC2)cccc1-c1cc(N)no1. The minimum absolute atomic E-state index is 0.246. The van der Waals surface area contributed by atoms with Gasteiger partial charge in [0.2, 0.25) is 0 Å². The van der Waals surface area contributed by atoms with Crippen molar-refractivity contribution in [3.8, 4) is 22.8 Å². The van der Waals surface area contributed by atoms with Crippen molar-refractivity contribution < 1.29 is 14.0 Å². The number of ether oxygens (including phenoxy) is 2. The highest BCUT2D eigenvalue weighted by Crippen LogP contribution is 2.39. The molecule has 0 atom stereocenters. The molecule has 1 aliphatic heterocycles. The van der Waals surface area contributed by atoms with Crippen molar-refractivity contribution in [1.82, 2.24) is 5.16 Å². The molecule has 1 fully saturated rings. The Labute approximate surface area is 127 Å². The van der Waals surface area contributed by atoms with Gasteiger partial charge in [-0.1, -0.05) is 11.2 Å².